The van der Waals surface area contributed by atoms with Gasteiger partial charge in [-0.05, 0) is 37.0 Å². The van der Waals surface area contributed by atoms with Crippen LogP contribution in [0.4, 0.5) is 5.82 Å². The third kappa shape index (κ3) is 7.17. The van der Waals surface area contributed by atoms with Gasteiger partial charge in [0.05, 0.1) is 17.9 Å². The predicted octanol–water partition coefficient (Wildman–Crippen LogP) is 5.90. The average Bonchev–Trinajstić information content (AvgIpc) is 3.31. The highest BCUT2D eigenvalue weighted by atomic mass is 16.2. The molecule has 6 nitrogen and oxygen atoms in total. The van der Waals surface area contributed by atoms with Gasteiger partial charge in [0, 0.05) is 24.6 Å². The van der Waals surface area contributed by atoms with Crippen molar-refractivity contribution in [2.24, 2.45) is 5.92 Å². The number of hydrogen-bond acceptors (Lipinski definition) is 3. The third-order valence-electron chi connectivity index (χ3n) is 6.07. The number of nitrogens with one attached hydrogen (secondary N) is 1. The largest absolute Gasteiger partial charge is 0.333 e. The molecule has 0 unspecified atom stereocenters. The van der Waals surface area contributed by atoms with Gasteiger partial charge in [0.2, 0.25) is 11.8 Å². The Morgan fingerprint density at radius 1 is 0.919 bits per heavy atom. The van der Waals surface area contributed by atoms with Crippen LogP contribution in [0.2, 0.25) is 0 Å². The van der Waals surface area contributed by atoms with E-state index in [4.69, 9.17) is 5.10 Å². The topological polar surface area (TPSA) is 67.2 Å². The first-order valence-corrected chi connectivity index (χ1v) is 12.7. The number of rotatable bonds is 10. The molecule has 0 spiro atoms. The van der Waals surface area contributed by atoms with Crippen LogP contribution < -0.4 is 5.32 Å². The lowest BCUT2D eigenvalue weighted by Crippen LogP contribution is -2.40. The summed E-state index contributed by atoms with van der Waals surface area (Å²) >= 11 is 0. The molecule has 0 saturated carbocycles. The summed E-state index contributed by atoms with van der Waals surface area (Å²) in [5.74, 6) is 0.538. The molecule has 0 atom stereocenters. The number of nitrogens with zero attached hydrogens (tertiary/aromatic N) is 3. The Morgan fingerprint density at radius 3 is 2.22 bits per heavy atom. The van der Waals surface area contributed by atoms with E-state index in [1.54, 1.807) is 9.58 Å². The molecule has 6 heteroatoms. The molecule has 0 fully saturated rings. The van der Waals surface area contributed by atoms with Crippen LogP contribution >= 0.6 is 0 Å². The number of aryl methyl sites for hydroxylation is 2. The molecule has 37 heavy (non-hydrogen) atoms. The van der Waals surface area contributed by atoms with Gasteiger partial charge in [-0.15, -0.1) is 0 Å². The van der Waals surface area contributed by atoms with Gasteiger partial charge in [0.1, 0.15) is 5.82 Å². The highest BCUT2D eigenvalue weighted by Crippen LogP contribution is 2.25. The van der Waals surface area contributed by atoms with E-state index in [2.05, 4.69) is 5.32 Å². The highest BCUT2D eigenvalue weighted by molar-refractivity contribution is 5.94. The van der Waals surface area contributed by atoms with Crippen LogP contribution in [0.3, 0.4) is 0 Å². The van der Waals surface area contributed by atoms with Crippen LogP contribution in [0.5, 0.6) is 0 Å². The van der Waals surface area contributed by atoms with Gasteiger partial charge in [-0.25, -0.2) is 4.68 Å². The predicted molar refractivity (Wildman–Crippen MR) is 149 cm³/mol. The molecule has 3 aromatic carbocycles. The monoisotopic (exact) mass is 494 g/mol. The van der Waals surface area contributed by atoms with Crippen LogP contribution in [-0.4, -0.2) is 39.6 Å². The minimum Gasteiger partial charge on any atom is -0.333 e. The lowest BCUT2D eigenvalue weighted by Gasteiger charge is -2.24. The smallest absolute Gasteiger partial charge is 0.245 e. The van der Waals surface area contributed by atoms with Crippen LogP contribution in [0.15, 0.2) is 91.0 Å². The van der Waals surface area contributed by atoms with Crippen molar-refractivity contribution in [2.75, 3.05) is 18.4 Å². The normalized spacial score (nSPS) is 10.9. The van der Waals surface area contributed by atoms with E-state index >= 15 is 0 Å². The quantitative estimate of drug-likeness (QED) is 0.298. The number of anilines is 1. The summed E-state index contributed by atoms with van der Waals surface area (Å²) in [4.78, 5) is 28.0. The van der Waals surface area contributed by atoms with Gasteiger partial charge in [-0.2, -0.15) is 5.10 Å². The molecule has 4 rings (SSSR count). The van der Waals surface area contributed by atoms with Gasteiger partial charge >= 0.3 is 0 Å². The second kappa shape index (κ2) is 12.2. The van der Waals surface area contributed by atoms with Crippen LogP contribution in [0.1, 0.15) is 31.4 Å². The van der Waals surface area contributed by atoms with Crippen molar-refractivity contribution in [3.8, 4) is 16.9 Å². The second-order valence-electron chi connectivity index (χ2n) is 9.73. The van der Waals surface area contributed by atoms with Crippen LogP contribution in [-0.2, 0) is 16.0 Å². The fourth-order valence-corrected chi connectivity index (χ4v) is 4.21. The molecule has 0 radical (unpaired) electrons. The Balaban J connectivity index is 1.52. The van der Waals surface area contributed by atoms with Gasteiger partial charge in [-0.1, -0.05) is 92.2 Å². The van der Waals surface area contributed by atoms with Crippen molar-refractivity contribution < 1.29 is 9.59 Å². The minimum absolute atomic E-state index is 0.00838. The summed E-state index contributed by atoms with van der Waals surface area (Å²) < 4.78 is 1.74. The molecular weight excluding hydrogens is 460 g/mol. The number of benzene rings is 3. The minimum atomic E-state index is -0.249. The molecular formula is C31H34N4O2. The maximum atomic E-state index is 13.2. The Bertz CT molecular complexity index is 1310. The summed E-state index contributed by atoms with van der Waals surface area (Å²) in [5, 5.41) is 7.79. The van der Waals surface area contributed by atoms with Crippen molar-refractivity contribution in [1.29, 1.82) is 0 Å². The second-order valence-corrected chi connectivity index (χ2v) is 9.73. The fourth-order valence-electron chi connectivity index (χ4n) is 4.21. The molecule has 1 N–H and O–H groups in total. The SMILES string of the molecule is Cc1ccc(-n2nc(-c3ccccc3)cc2NC(=O)CN(CC(C)C)C(=O)CCc2ccccc2)cc1. The summed E-state index contributed by atoms with van der Waals surface area (Å²) in [6, 6.07) is 29.7. The number of carbonyl (C=O) groups excluding carboxylic acids is 2. The maximum Gasteiger partial charge on any atom is 0.245 e. The molecule has 190 valence electrons. The van der Waals surface area contributed by atoms with Crippen molar-refractivity contribution in [2.45, 2.75) is 33.6 Å². The zero-order valence-corrected chi connectivity index (χ0v) is 21.7. The zero-order valence-electron chi connectivity index (χ0n) is 21.7. The molecule has 2 amide bonds. The molecule has 1 heterocycles. The standard InChI is InChI=1S/C31H34N4O2/c1-23(2)21-34(31(37)19-16-25-10-6-4-7-11-25)22-30(36)32-29-20-28(26-12-8-5-9-13-26)33-35(29)27-17-14-24(3)15-18-27/h4-15,17-18,20,23H,16,19,21-22H2,1-3H3,(H,32,36). The van der Waals surface area contributed by atoms with Crippen LogP contribution in [0, 0.1) is 12.8 Å². The first kappa shape index (κ1) is 25.9. The number of carbonyl (C=O) groups is 2. The van der Waals surface area contributed by atoms with E-state index in [0.717, 1.165) is 28.1 Å². The van der Waals surface area contributed by atoms with Gasteiger partial charge < -0.3 is 10.2 Å². The van der Waals surface area contributed by atoms with E-state index in [1.807, 2.05) is 112 Å². The summed E-state index contributed by atoms with van der Waals surface area (Å²) in [6.45, 7) is 6.64. The van der Waals surface area contributed by atoms with Gasteiger partial charge in [0.15, 0.2) is 0 Å². The molecule has 4 aromatic rings. The highest BCUT2D eigenvalue weighted by Gasteiger charge is 2.20. The third-order valence-corrected chi connectivity index (χ3v) is 6.07. The summed E-state index contributed by atoms with van der Waals surface area (Å²) in [5.41, 5.74) is 4.82. The number of aromatic nitrogens is 2. The summed E-state index contributed by atoms with van der Waals surface area (Å²) in [7, 11) is 0. The lowest BCUT2D eigenvalue weighted by atomic mass is 10.1. The molecule has 1 aromatic heterocycles. The van der Waals surface area contributed by atoms with Gasteiger partial charge in [-0.3, -0.25) is 9.59 Å². The lowest BCUT2D eigenvalue weighted by molar-refractivity contribution is -0.135. The van der Waals surface area contributed by atoms with Crippen molar-refractivity contribution in [3.05, 3.63) is 102 Å². The first-order valence-electron chi connectivity index (χ1n) is 12.7. The van der Waals surface area contributed by atoms with E-state index < -0.39 is 0 Å². The average molecular weight is 495 g/mol. The van der Waals surface area contributed by atoms with Crippen molar-refractivity contribution in [1.82, 2.24) is 14.7 Å². The Labute approximate surface area is 218 Å². The Kier molecular flexibility index (Phi) is 8.52. The fraction of sp³-hybridized carbons (Fsp3) is 0.258. The number of hydrogen-bond donors (Lipinski definition) is 1. The Morgan fingerprint density at radius 2 is 1.57 bits per heavy atom. The molecule has 0 aliphatic rings. The van der Waals surface area contributed by atoms with Crippen molar-refractivity contribution >= 4 is 17.6 Å². The zero-order chi connectivity index (χ0) is 26.2. The first-order chi connectivity index (χ1) is 17.9. The van der Waals surface area contributed by atoms with Crippen LogP contribution in [0.25, 0.3) is 16.9 Å². The molecule has 0 saturated heterocycles. The Hall–Kier alpha value is -4.19. The van der Waals surface area contributed by atoms with E-state index in [9.17, 15) is 9.59 Å². The van der Waals surface area contributed by atoms with E-state index in [0.29, 0.717) is 25.2 Å². The summed E-state index contributed by atoms with van der Waals surface area (Å²) in [6.07, 6.45) is 1.01. The van der Waals surface area contributed by atoms with E-state index in [-0.39, 0.29) is 24.3 Å². The maximum absolute atomic E-state index is 13.2. The number of amides is 2. The van der Waals surface area contributed by atoms with Gasteiger partial charge in [0.25, 0.3) is 0 Å². The molecule has 0 aliphatic heterocycles. The van der Waals surface area contributed by atoms with Crippen molar-refractivity contribution in [3.63, 3.8) is 0 Å². The molecule has 0 bridgehead atoms. The molecule has 0 aliphatic carbocycles. The van der Waals surface area contributed by atoms with E-state index in [1.165, 1.54) is 0 Å².